The number of Topliss-reactive ketones (excluding diaryl/α,β-unsaturated/α-hetero) is 4. The number of nitrogens with one attached hydrogen (secondary N) is 2. The lowest BCUT2D eigenvalue weighted by molar-refractivity contribution is -0.117. The molecular weight excluding hydrogens is 1300 g/mol. The fraction of sp³-hybridized carbons (Fsp3) is 0.696. The number of aliphatic imine (C=N–C) groups is 1. The third kappa shape index (κ3) is 172. The van der Waals surface area contributed by atoms with E-state index in [1.165, 1.54) is 103 Å². The van der Waals surface area contributed by atoms with Crippen molar-refractivity contribution < 1.29 is 29.4 Å². The second-order valence-corrected chi connectivity index (χ2v) is 26.4. The number of aromatic hydroxyl groups is 1. The summed E-state index contributed by atoms with van der Waals surface area (Å²) in [5, 5.41) is 18.3. The molecule has 0 bridgehead atoms. The van der Waals surface area contributed by atoms with Gasteiger partial charge in [-0.25, -0.2) is 4.98 Å². The number of aryl methyl sites for hydroxylation is 4. The number of imidazole rings is 1. The zero-order valence-electron chi connectivity index (χ0n) is 74.2. The van der Waals surface area contributed by atoms with Crippen LogP contribution >= 0.6 is 11.8 Å². The van der Waals surface area contributed by atoms with Crippen LogP contribution in [0.25, 0.3) is 10.9 Å². The van der Waals surface area contributed by atoms with Gasteiger partial charge in [-0.3, -0.25) is 4.99 Å². The summed E-state index contributed by atoms with van der Waals surface area (Å²) in [5.74, 6) is 6.03. The number of aromatic amines is 2. The van der Waals surface area contributed by atoms with E-state index in [0.717, 1.165) is 82.1 Å². The van der Waals surface area contributed by atoms with Gasteiger partial charge in [-0.2, -0.15) is 11.8 Å². The molecule has 12 heteroatoms. The number of unbranched alkanes of at least 4 members (excludes halogenated alkanes) is 4. The number of amidine groups is 1. The van der Waals surface area contributed by atoms with Gasteiger partial charge in [0.25, 0.3) is 0 Å². The number of phenolic OH excluding ortho intramolecular Hbond substituents is 1. The van der Waals surface area contributed by atoms with Crippen molar-refractivity contribution in [3.63, 3.8) is 0 Å². The van der Waals surface area contributed by atoms with E-state index < -0.39 is 0 Å². The van der Waals surface area contributed by atoms with Crippen molar-refractivity contribution in [3.05, 3.63) is 120 Å². The minimum Gasteiger partial charge on any atom is -0.508 e. The van der Waals surface area contributed by atoms with Crippen LogP contribution in [0.3, 0.4) is 0 Å². The zero-order chi connectivity index (χ0) is 82.4. The molecule has 2 heterocycles. The van der Waals surface area contributed by atoms with Crippen LogP contribution in [-0.4, -0.2) is 78.8 Å². The molecule has 0 saturated heterocycles. The summed E-state index contributed by atoms with van der Waals surface area (Å²) in [6, 6.07) is 26.1. The van der Waals surface area contributed by atoms with Crippen molar-refractivity contribution in [1.82, 2.24) is 15.0 Å². The lowest BCUT2D eigenvalue weighted by Gasteiger charge is -1.93. The highest BCUT2D eigenvalue weighted by Gasteiger charge is 1.98. The summed E-state index contributed by atoms with van der Waals surface area (Å²) in [4.78, 5) is 53.8. The van der Waals surface area contributed by atoms with Gasteiger partial charge in [0.15, 0.2) is 0 Å². The van der Waals surface area contributed by atoms with Crippen LogP contribution in [0.5, 0.6) is 5.75 Å². The Morgan fingerprint density at radius 1 is 0.500 bits per heavy atom. The van der Waals surface area contributed by atoms with Gasteiger partial charge in [-0.1, -0.05) is 320 Å². The molecule has 3 aromatic carbocycles. The summed E-state index contributed by atoms with van der Waals surface area (Å²) < 4.78 is 0. The maximum atomic E-state index is 10.0. The van der Waals surface area contributed by atoms with Gasteiger partial charge in [0.2, 0.25) is 0 Å². The predicted octanol–water partition coefficient (Wildman–Crippen LogP) is 29.4. The molecule has 0 aliphatic rings. The Balaban J connectivity index is -0.0000000628. The van der Waals surface area contributed by atoms with Crippen LogP contribution in [0.1, 0.15) is 382 Å². The van der Waals surface area contributed by atoms with Crippen molar-refractivity contribution in [3.8, 4) is 5.75 Å². The van der Waals surface area contributed by atoms with Gasteiger partial charge >= 0.3 is 0 Å². The van der Waals surface area contributed by atoms with Crippen LogP contribution in [0.15, 0.2) is 103 Å². The van der Waals surface area contributed by atoms with Gasteiger partial charge in [-0.15, -0.1) is 0 Å². The number of hydrogen-bond donors (Lipinski definition) is 5. The Labute approximate surface area is 656 Å². The molecule has 0 aliphatic heterocycles. The van der Waals surface area contributed by atoms with E-state index in [1.54, 1.807) is 60.0 Å². The normalized spacial score (nSPS) is 8.83. The fourth-order valence-corrected chi connectivity index (χ4v) is 5.58. The number of carbonyl (C=O) groups is 4. The van der Waals surface area contributed by atoms with E-state index in [2.05, 4.69) is 226 Å². The molecule has 0 saturated carbocycles. The molecule has 0 spiro atoms. The van der Waals surface area contributed by atoms with E-state index in [0.29, 0.717) is 24.4 Å². The fourth-order valence-electron chi connectivity index (χ4n) is 5.17. The molecule has 2 aromatic heterocycles. The number of benzene rings is 3. The monoisotopic (exact) mass is 1490 g/mol. The number of fused-ring (bicyclic) bond motifs is 1. The lowest BCUT2D eigenvalue weighted by atomic mass is 10.1. The molecule has 0 unspecified atom stereocenters. The van der Waals surface area contributed by atoms with Crippen molar-refractivity contribution in [2.75, 3.05) is 18.6 Å². The van der Waals surface area contributed by atoms with Crippen molar-refractivity contribution in [1.29, 1.82) is 0 Å². The van der Waals surface area contributed by atoms with E-state index in [4.69, 9.17) is 15.9 Å². The first-order valence-corrected chi connectivity index (χ1v) is 41.3. The van der Waals surface area contributed by atoms with Crippen LogP contribution in [0.2, 0.25) is 0 Å². The summed E-state index contributed by atoms with van der Waals surface area (Å²) in [6.45, 7) is 69.8. The van der Waals surface area contributed by atoms with Crippen molar-refractivity contribution >= 4 is 51.6 Å². The largest absolute Gasteiger partial charge is 0.508 e. The molecule has 0 atom stereocenters. The highest BCUT2D eigenvalue weighted by atomic mass is 32.2. The Kier molecular flexibility index (Phi) is 157. The van der Waals surface area contributed by atoms with Gasteiger partial charge in [-0.05, 0) is 164 Å². The average Bonchev–Trinajstić information content (AvgIpc) is 1.70. The molecule has 5 aromatic rings. The molecule has 0 fully saturated rings. The molecule has 0 radical (unpaired) electrons. The number of aliphatic hydroxyl groups is 1. The number of rotatable bonds is 20. The van der Waals surface area contributed by atoms with Gasteiger partial charge in [0.05, 0.1) is 12.2 Å². The lowest BCUT2D eigenvalue weighted by Crippen LogP contribution is -2.05. The predicted molar refractivity (Wildman–Crippen MR) is 482 cm³/mol. The number of thioether (sulfide) groups is 1. The molecule has 0 aliphatic carbocycles. The maximum absolute atomic E-state index is 10.0. The minimum atomic E-state index is -0.167. The number of aliphatic hydroxyl groups excluding tert-OH is 1. The van der Waals surface area contributed by atoms with E-state index >= 15 is 0 Å². The average molecular weight is 1490 g/mol. The van der Waals surface area contributed by atoms with Crippen LogP contribution in [0, 0.1) is 17.8 Å². The van der Waals surface area contributed by atoms with E-state index in [-0.39, 0.29) is 44.1 Å². The third-order valence-electron chi connectivity index (χ3n) is 11.7. The summed E-state index contributed by atoms with van der Waals surface area (Å²) in [5.41, 5.74) is 11.8. The van der Waals surface area contributed by atoms with E-state index in [1.807, 2.05) is 84.6 Å². The molecule has 104 heavy (non-hydrogen) atoms. The quantitative estimate of drug-likeness (QED) is 0.0287. The van der Waals surface area contributed by atoms with Crippen LogP contribution in [0.4, 0.5) is 0 Å². The Hall–Kier alpha value is -5.33. The molecule has 0 amide bonds. The number of aromatic nitrogens is 3. The highest BCUT2D eigenvalue weighted by Crippen LogP contribution is 2.17. The Bertz CT molecular complexity index is 2210. The SMILES string of the molecule is C.C.CC.CC(C)C.CC(C)O.CCC.CCC.CCC(C)=O.CCC(C)=O.CCC(C)C.CCC(C)C.CCCC(C)=O.CCCC(C)=O.CCCCCC.CCCCN=C(C)N.CCCSC.CCc1c[nH]c2ccccc12.CCc1ccc(O)cc1.CCc1ccccc1.CCc1cnc[nH]1. The number of phenols is 1. The van der Waals surface area contributed by atoms with Crippen molar-refractivity contribution in [2.24, 2.45) is 28.5 Å². The first-order chi connectivity index (χ1) is 48.1. The molecule has 6 N–H and O–H groups in total. The van der Waals surface area contributed by atoms with Gasteiger partial charge in [0, 0.05) is 67.3 Å². The highest BCUT2D eigenvalue weighted by molar-refractivity contribution is 7.98. The third-order valence-corrected chi connectivity index (χ3v) is 12.5. The molecular formula is C92H185N5O6S. The number of hydrogen-bond acceptors (Lipinski definition) is 9. The first-order valence-electron chi connectivity index (χ1n) is 39.9. The maximum Gasteiger partial charge on any atom is 0.129 e. The number of H-pyrrole nitrogens is 2. The number of nitrogens with zero attached hydrogens (tertiary/aromatic N) is 2. The molecule has 11 nitrogen and oxygen atoms in total. The van der Waals surface area contributed by atoms with Crippen molar-refractivity contribution in [2.45, 2.75) is 391 Å². The number of para-hydroxylation sites is 1. The van der Waals surface area contributed by atoms with Crippen LogP contribution < -0.4 is 5.73 Å². The number of nitrogens with two attached hydrogens (primary N) is 1. The smallest absolute Gasteiger partial charge is 0.129 e. The number of ketones is 4. The molecule has 5 rings (SSSR count). The summed E-state index contributed by atoms with van der Waals surface area (Å²) in [7, 11) is 0. The van der Waals surface area contributed by atoms with Crippen LogP contribution in [-0.2, 0) is 44.9 Å². The number of carbonyl (C=O) groups excluding carboxylic acids is 4. The summed E-state index contributed by atoms with van der Waals surface area (Å²) in [6.07, 6.45) is 30.9. The van der Waals surface area contributed by atoms with E-state index in [9.17, 15) is 19.2 Å². The minimum absolute atomic E-state index is 0. The zero-order valence-corrected chi connectivity index (χ0v) is 75.0. The Morgan fingerprint density at radius 2 is 0.846 bits per heavy atom. The topological polar surface area (TPSA) is 192 Å². The Morgan fingerprint density at radius 3 is 1.06 bits per heavy atom. The van der Waals surface area contributed by atoms with Gasteiger partial charge in [0.1, 0.15) is 28.9 Å². The van der Waals surface area contributed by atoms with Gasteiger partial charge < -0.3 is 45.1 Å². The first kappa shape index (κ1) is 134. The summed E-state index contributed by atoms with van der Waals surface area (Å²) >= 11 is 1.90. The standard InChI is InChI=1S/C10H11N.C8H10O.C8H10.C6H14N2.C6H14.C5H8N2.2C5H10O.2C5H12.2C4H8O.C4H10S.C4H10.C3H8O.2C3H8.C2H6.2CH4/c1-2-8-7-11-10-6-4-3-5-9(8)10;1-2-7-3-5-8(9)6-4-7;1-2-8-6-4-3-5-7-8;1-3-4-5-8-6(2)7;1-3-5-6-4-2;1-2-5-3-6-4-7-5;2*1-3-4-5(2)6;2*1-4-5(2)3;2*1-3-4(2)5;1-3-4-5-2;1-4(2)3;1-3(2)4;2*1-3-2;1-2;;/h3-7,11H,2H2,1H3;3-6,9H,2H2,1H3;3-7H,2H2,1H3;3-5H2,1-2H3,(H2,7,8);3-6H2,1-2H3;3-4H,2H2,1H3,(H,6,7);2*3-4H2,1-2H3;2*5H,4H2,1-3H3;2*3H2,1-2H3;3-4H2,1-2H3;4H,1-3H3;3-4H,1-2H3;2*3H2,1-2H3;1-2H3;2*1H4. The second-order valence-electron chi connectivity index (χ2n) is 25.4. The molecule has 620 valence electrons. The second kappa shape index (κ2) is 122.